The number of carbonyl (C=O) groups is 1. The van der Waals surface area contributed by atoms with Gasteiger partial charge in [-0.2, -0.15) is 5.10 Å². The molecule has 0 spiro atoms. The monoisotopic (exact) mass is 198 g/mol. The van der Waals surface area contributed by atoms with E-state index in [2.05, 4.69) is 5.10 Å². The summed E-state index contributed by atoms with van der Waals surface area (Å²) in [5, 5.41) is 12.6. The van der Waals surface area contributed by atoms with Crippen LogP contribution < -0.4 is 4.74 Å². The summed E-state index contributed by atoms with van der Waals surface area (Å²) in [5.74, 6) is -0.509. The summed E-state index contributed by atoms with van der Waals surface area (Å²) in [6.45, 7) is 5.05. The molecule has 0 amide bonds. The van der Waals surface area contributed by atoms with Gasteiger partial charge >= 0.3 is 5.97 Å². The molecular formula is C9H14N2O3. The van der Waals surface area contributed by atoms with Crippen LogP contribution >= 0.6 is 0 Å². The van der Waals surface area contributed by atoms with Crippen LogP contribution in [0.4, 0.5) is 0 Å². The zero-order valence-corrected chi connectivity index (χ0v) is 8.36. The molecule has 0 bridgehead atoms. The Balaban J connectivity index is 2.85. The lowest BCUT2D eigenvalue weighted by atomic mass is 10.4. The highest BCUT2D eigenvalue weighted by molar-refractivity contribution is 5.85. The number of carboxylic acid groups (broad SMARTS) is 1. The van der Waals surface area contributed by atoms with E-state index in [1.807, 2.05) is 13.8 Å². The molecule has 14 heavy (non-hydrogen) atoms. The fraction of sp³-hybridized carbons (Fsp3) is 0.556. The van der Waals surface area contributed by atoms with Crippen LogP contribution in [0.2, 0.25) is 0 Å². The maximum atomic E-state index is 10.6. The minimum Gasteiger partial charge on any atom is -0.478 e. The van der Waals surface area contributed by atoms with Crippen molar-refractivity contribution in [3.05, 3.63) is 11.8 Å². The van der Waals surface area contributed by atoms with Crippen LogP contribution in [-0.4, -0.2) is 27.5 Å². The lowest BCUT2D eigenvalue weighted by Crippen LogP contribution is -2.04. The van der Waals surface area contributed by atoms with Crippen molar-refractivity contribution in [3.8, 4) is 5.88 Å². The Morgan fingerprint density at radius 3 is 2.86 bits per heavy atom. The second kappa shape index (κ2) is 4.64. The number of ether oxygens (including phenoxy) is 1. The summed E-state index contributed by atoms with van der Waals surface area (Å²) in [7, 11) is 0. The molecule has 0 aliphatic carbocycles. The normalized spacial score (nSPS) is 10.1. The van der Waals surface area contributed by atoms with E-state index in [0.29, 0.717) is 19.0 Å². The Morgan fingerprint density at radius 2 is 2.36 bits per heavy atom. The van der Waals surface area contributed by atoms with E-state index < -0.39 is 5.97 Å². The molecule has 0 aliphatic rings. The van der Waals surface area contributed by atoms with Crippen LogP contribution in [0, 0.1) is 0 Å². The molecule has 1 aromatic heterocycles. The molecular weight excluding hydrogens is 184 g/mol. The van der Waals surface area contributed by atoms with Gasteiger partial charge in [0.25, 0.3) is 0 Å². The van der Waals surface area contributed by atoms with Gasteiger partial charge in [-0.1, -0.05) is 6.92 Å². The molecule has 1 heterocycles. The predicted molar refractivity (Wildman–Crippen MR) is 50.6 cm³/mol. The molecule has 5 nitrogen and oxygen atoms in total. The maximum Gasteiger partial charge on any atom is 0.356 e. The van der Waals surface area contributed by atoms with Crippen LogP contribution in [0.15, 0.2) is 6.07 Å². The molecule has 0 saturated carbocycles. The Labute approximate surface area is 82.3 Å². The Hall–Kier alpha value is -1.52. The first kappa shape index (κ1) is 10.6. The van der Waals surface area contributed by atoms with E-state index in [4.69, 9.17) is 9.84 Å². The van der Waals surface area contributed by atoms with E-state index in [-0.39, 0.29) is 5.69 Å². The Kier molecular flexibility index (Phi) is 3.50. The third-order valence-corrected chi connectivity index (χ3v) is 1.72. The van der Waals surface area contributed by atoms with E-state index in [0.717, 1.165) is 6.42 Å². The van der Waals surface area contributed by atoms with Gasteiger partial charge in [0.2, 0.25) is 5.88 Å². The highest BCUT2D eigenvalue weighted by Gasteiger charge is 2.12. The summed E-state index contributed by atoms with van der Waals surface area (Å²) in [4.78, 5) is 10.6. The fourth-order valence-electron chi connectivity index (χ4n) is 1.05. The minimum absolute atomic E-state index is 0.0259. The number of aromatic carboxylic acids is 1. The number of hydrogen-bond acceptors (Lipinski definition) is 3. The molecule has 0 fully saturated rings. The largest absolute Gasteiger partial charge is 0.478 e. The molecule has 0 aromatic carbocycles. The molecule has 1 aromatic rings. The lowest BCUT2D eigenvalue weighted by molar-refractivity contribution is 0.0689. The number of aryl methyl sites for hydroxylation is 1. The predicted octanol–water partition coefficient (Wildman–Crippen LogP) is 1.39. The first-order valence-corrected chi connectivity index (χ1v) is 4.63. The highest BCUT2D eigenvalue weighted by atomic mass is 16.5. The smallest absolute Gasteiger partial charge is 0.356 e. The number of carboxylic acids is 1. The summed E-state index contributed by atoms with van der Waals surface area (Å²) < 4.78 is 6.89. The molecule has 0 aliphatic heterocycles. The second-order valence-electron chi connectivity index (χ2n) is 2.84. The van der Waals surface area contributed by atoms with Crippen molar-refractivity contribution in [2.45, 2.75) is 26.8 Å². The third-order valence-electron chi connectivity index (χ3n) is 1.72. The molecule has 0 saturated heterocycles. The molecule has 0 unspecified atom stereocenters. The van der Waals surface area contributed by atoms with Crippen molar-refractivity contribution in [2.24, 2.45) is 0 Å². The fourth-order valence-corrected chi connectivity index (χ4v) is 1.05. The number of hydrogen-bond donors (Lipinski definition) is 1. The van der Waals surface area contributed by atoms with Crippen molar-refractivity contribution < 1.29 is 14.6 Å². The van der Waals surface area contributed by atoms with Gasteiger partial charge in [0.05, 0.1) is 6.61 Å². The standard InChI is InChI=1S/C9H14N2O3/c1-3-5-14-8-6-7(9(12)13)10-11(8)4-2/h6H,3-5H2,1-2H3,(H,12,13). The summed E-state index contributed by atoms with van der Waals surface area (Å²) >= 11 is 0. The summed E-state index contributed by atoms with van der Waals surface area (Å²) in [6, 6.07) is 1.45. The van der Waals surface area contributed by atoms with E-state index >= 15 is 0 Å². The van der Waals surface area contributed by atoms with Crippen molar-refractivity contribution in [2.75, 3.05) is 6.61 Å². The third kappa shape index (κ3) is 2.25. The molecule has 0 atom stereocenters. The highest BCUT2D eigenvalue weighted by Crippen LogP contribution is 2.13. The quantitative estimate of drug-likeness (QED) is 0.776. The van der Waals surface area contributed by atoms with Gasteiger partial charge < -0.3 is 9.84 Å². The van der Waals surface area contributed by atoms with Crippen LogP contribution in [0.5, 0.6) is 5.88 Å². The van der Waals surface area contributed by atoms with Crippen LogP contribution in [0.1, 0.15) is 30.8 Å². The first-order valence-electron chi connectivity index (χ1n) is 4.63. The average molecular weight is 198 g/mol. The van der Waals surface area contributed by atoms with Gasteiger partial charge in [-0.15, -0.1) is 0 Å². The van der Waals surface area contributed by atoms with Gasteiger partial charge in [-0.3, -0.25) is 0 Å². The van der Waals surface area contributed by atoms with Gasteiger partial charge in [-0.25, -0.2) is 9.48 Å². The molecule has 1 N–H and O–H groups in total. The molecule has 1 rings (SSSR count). The Morgan fingerprint density at radius 1 is 1.64 bits per heavy atom. The van der Waals surface area contributed by atoms with Crippen molar-refractivity contribution in [1.82, 2.24) is 9.78 Å². The van der Waals surface area contributed by atoms with Crippen LogP contribution in [0.3, 0.4) is 0 Å². The van der Waals surface area contributed by atoms with E-state index in [1.165, 1.54) is 6.07 Å². The summed E-state index contributed by atoms with van der Waals surface area (Å²) in [6.07, 6.45) is 0.886. The first-order chi connectivity index (χ1) is 6.69. The zero-order chi connectivity index (χ0) is 10.6. The molecule has 78 valence electrons. The average Bonchev–Trinajstić information content (AvgIpc) is 2.57. The molecule has 0 radical (unpaired) electrons. The number of rotatable bonds is 5. The van der Waals surface area contributed by atoms with Gasteiger partial charge in [0.1, 0.15) is 0 Å². The van der Waals surface area contributed by atoms with Gasteiger partial charge in [-0.05, 0) is 13.3 Å². The van der Waals surface area contributed by atoms with Gasteiger partial charge in [0, 0.05) is 12.6 Å². The van der Waals surface area contributed by atoms with Crippen molar-refractivity contribution in [3.63, 3.8) is 0 Å². The maximum absolute atomic E-state index is 10.6. The van der Waals surface area contributed by atoms with E-state index in [9.17, 15) is 4.79 Å². The lowest BCUT2D eigenvalue weighted by Gasteiger charge is -2.04. The SMILES string of the molecule is CCCOc1cc(C(=O)O)nn1CC. The molecule has 5 heteroatoms. The van der Waals surface area contributed by atoms with Crippen LogP contribution in [-0.2, 0) is 6.54 Å². The Bertz CT molecular complexity index is 320. The van der Waals surface area contributed by atoms with E-state index in [1.54, 1.807) is 4.68 Å². The minimum atomic E-state index is -1.03. The van der Waals surface area contributed by atoms with Crippen molar-refractivity contribution in [1.29, 1.82) is 0 Å². The second-order valence-corrected chi connectivity index (χ2v) is 2.84. The zero-order valence-electron chi connectivity index (χ0n) is 8.36. The number of nitrogens with zero attached hydrogens (tertiary/aromatic N) is 2. The van der Waals surface area contributed by atoms with Gasteiger partial charge in [0.15, 0.2) is 5.69 Å². The van der Waals surface area contributed by atoms with Crippen LogP contribution in [0.25, 0.3) is 0 Å². The topological polar surface area (TPSA) is 64.3 Å². The summed E-state index contributed by atoms with van der Waals surface area (Å²) in [5.41, 5.74) is 0.0259. The van der Waals surface area contributed by atoms with Crippen molar-refractivity contribution >= 4 is 5.97 Å². The number of aromatic nitrogens is 2.